The quantitative estimate of drug-likeness (QED) is 0.830. The number of hydrogen-bond acceptors (Lipinski definition) is 5. The molecule has 19 heavy (non-hydrogen) atoms. The van der Waals surface area contributed by atoms with Gasteiger partial charge in [0.1, 0.15) is 0 Å². The maximum Gasteiger partial charge on any atom is 0.161 e. The third kappa shape index (κ3) is 3.55. The normalized spacial score (nSPS) is 16.8. The second kappa shape index (κ2) is 7.03. The SMILES string of the molecule is CNC(CSC1COC1)c1ccc(OC)c(OC)c1. The topological polar surface area (TPSA) is 39.7 Å². The minimum Gasteiger partial charge on any atom is -0.493 e. The van der Waals surface area contributed by atoms with Crippen molar-refractivity contribution in [3.8, 4) is 11.5 Å². The lowest BCUT2D eigenvalue weighted by atomic mass is 10.1. The number of ether oxygens (including phenoxy) is 3. The van der Waals surface area contributed by atoms with E-state index in [9.17, 15) is 0 Å². The van der Waals surface area contributed by atoms with Gasteiger partial charge in [-0.1, -0.05) is 6.07 Å². The molecule has 1 aromatic carbocycles. The fourth-order valence-corrected chi connectivity index (χ4v) is 3.17. The lowest BCUT2D eigenvalue weighted by Gasteiger charge is -2.27. The molecule has 1 heterocycles. The van der Waals surface area contributed by atoms with Crippen molar-refractivity contribution in [2.24, 2.45) is 0 Å². The van der Waals surface area contributed by atoms with E-state index in [0.717, 1.165) is 30.5 Å². The van der Waals surface area contributed by atoms with Crippen LogP contribution in [0.4, 0.5) is 0 Å². The molecule has 0 aliphatic carbocycles. The van der Waals surface area contributed by atoms with Crippen LogP contribution in [0.2, 0.25) is 0 Å². The zero-order valence-electron chi connectivity index (χ0n) is 11.6. The first kappa shape index (κ1) is 14.5. The maximum atomic E-state index is 5.35. The van der Waals surface area contributed by atoms with Gasteiger partial charge in [0.05, 0.1) is 32.7 Å². The molecule has 0 spiro atoms. The van der Waals surface area contributed by atoms with E-state index in [1.54, 1.807) is 14.2 Å². The highest BCUT2D eigenvalue weighted by molar-refractivity contribution is 8.00. The van der Waals surface area contributed by atoms with E-state index in [2.05, 4.69) is 11.4 Å². The summed E-state index contributed by atoms with van der Waals surface area (Å²) in [5, 5.41) is 4.00. The Balaban J connectivity index is 2.03. The first-order valence-electron chi connectivity index (χ1n) is 6.37. The molecule has 0 radical (unpaired) electrons. The van der Waals surface area contributed by atoms with Gasteiger partial charge in [0, 0.05) is 11.8 Å². The zero-order valence-corrected chi connectivity index (χ0v) is 12.5. The third-order valence-corrected chi connectivity index (χ3v) is 4.53. The molecule has 1 aromatic rings. The maximum absolute atomic E-state index is 5.35. The Labute approximate surface area is 118 Å². The minimum absolute atomic E-state index is 0.311. The van der Waals surface area contributed by atoms with E-state index < -0.39 is 0 Å². The first-order valence-corrected chi connectivity index (χ1v) is 7.42. The summed E-state index contributed by atoms with van der Waals surface area (Å²) >= 11 is 1.95. The van der Waals surface area contributed by atoms with Crippen molar-refractivity contribution in [1.29, 1.82) is 0 Å². The molecule has 1 aliphatic heterocycles. The molecule has 1 atom stereocenters. The average Bonchev–Trinajstić information content (AvgIpc) is 2.41. The van der Waals surface area contributed by atoms with Crippen molar-refractivity contribution in [2.75, 3.05) is 40.2 Å². The van der Waals surface area contributed by atoms with Crippen LogP contribution >= 0.6 is 11.8 Å². The van der Waals surface area contributed by atoms with Crippen LogP contribution < -0.4 is 14.8 Å². The molecule has 0 amide bonds. The zero-order chi connectivity index (χ0) is 13.7. The largest absolute Gasteiger partial charge is 0.493 e. The molecule has 1 N–H and O–H groups in total. The lowest BCUT2D eigenvalue weighted by Crippen LogP contribution is -2.32. The number of methoxy groups -OCH3 is 2. The molecule has 2 rings (SSSR count). The second-order valence-electron chi connectivity index (χ2n) is 4.45. The van der Waals surface area contributed by atoms with Crippen LogP contribution in [-0.2, 0) is 4.74 Å². The fraction of sp³-hybridized carbons (Fsp3) is 0.571. The Kier molecular flexibility index (Phi) is 5.36. The highest BCUT2D eigenvalue weighted by Crippen LogP contribution is 2.32. The van der Waals surface area contributed by atoms with Crippen LogP contribution in [0.15, 0.2) is 18.2 Å². The summed E-state index contributed by atoms with van der Waals surface area (Å²) in [6.45, 7) is 1.76. The van der Waals surface area contributed by atoms with E-state index >= 15 is 0 Å². The number of nitrogens with one attached hydrogen (secondary N) is 1. The minimum atomic E-state index is 0.311. The molecule has 0 aromatic heterocycles. The molecule has 0 bridgehead atoms. The standard InChI is InChI=1S/C14H21NO3S/c1-15-12(9-19-11-7-18-8-11)10-4-5-13(16-2)14(6-10)17-3/h4-6,11-12,15H,7-9H2,1-3H3. The van der Waals surface area contributed by atoms with E-state index in [1.165, 1.54) is 5.56 Å². The van der Waals surface area contributed by atoms with Crippen molar-refractivity contribution in [2.45, 2.75) is 11.3 Å². The molecular weight excluding hydrogens is 262 g/mol. The van der Waals surface area contributed by atoms with Crippen LogP contribution in [0.25, 0.3) is 0 Å². The van der Waals surface area contributed by atoms with Crippen LogP contribution in [-0.4, -0.2) is 45.5 Å². The van der Waals surface area contributed by atoms with Gasteiger partial charge in [0.25, 0.3) is 0 Å². The van der Waals surface area contributed by atoms with E-state index in [4.69, 9.17) is 14.2 Å². The first-order chi connectivity index (χ1) is 9.28. The Morgan fingerprint density at radius 2 is 2.05 bits per heavy atom. The van der Waals surface area contributed by atoms with Crippen molar-refractivity contribution in [3.63, 3.8) is 0 Å². The summed E-state index contributed by atoms with van der Waals surface area (Å²) in [6.07, 6.45) is 0. The van der Waals surface area contributed by atoms with Crippen LogP contribution in [0.3, 0.4) is 0 Å². The number of hydrogen-bond donors (Lipinski definition) is 1. The molecular formula is C14H21NO3S. The summed E-state index contributed by atoms with van der Waals surface area (Å²) in [5.74, 6) is 2.57. The van der Waals surface area contributed by atoms with Gasteiger partial charge in [-0.15, -0.1) is 0 Å². The van der Waals surface area contributed by atoms with Crippen molar-refractivity contribution in [3.05, 3.63) is 23.8 Å². The van der Waals surface area contributed by atoms with Crippen LogP contribution in [0.1, 0.15) is 11.6 Å². The average molecular weight is 283 g/mol. The predicted octanol–water partition coefficient (Wildman–Crippen LogP) is 2.10. The summed E-state index contributed by atoms with van der Waals surface area (Å²) in [7, 11) is 5.30. The fourth-order valence-electron chi connectivity index (χ4n) is 1.96. The van der Waals surface area contributed by atoms with Crippen LogP contribution in [0, 0.1) is 0 Å². The molecule has 1 aliphatic rings. The number of thioether (sulfide) groups is 1. The third-order valence-electron chi connectivity index (χ3n) is 3.26. The number of benzene rings is 1. The predicted molar refractivity (Wildman–Crippen MR) is 78.4 cm³/mol. The Morgan fingerprint density at radius 3 is 2.58 bits per heavy atom. The Morgan fingerprint density at radius 1 is 1.32 bits per heavy atom. The Hall–Kier alpha value is -0.910. The summed E-state index contributed by atoms with van der Waals surface area (Å²) < 4.78 is 15.8. The monoisotopic (exact) mass is 283 g/mol. The lowest BCUT2D eigenvalue weighted by molar-refractivity contribution is 0.0455. The number of rotatable bonds is 7. The highest BCUT2D eigenvalue weighted by Gasteiger charge is 2.21. The molecule has 1 unspecified atom stereocenters. The van der Waals surface area contributed by atoms with Gasteiger partial charge >= 0.3 is 0 Å². The highest BCUT2D eigenvalue weighted by atomic mass is 32.2. The molecule has 1 fully saturated rings. The van der Waals surface area contributed by atoms with E-state index in [0.29, 0.717) is 11.3 Å². The summed E-state index contributed by atoms with van der Waals surface area (Å²) in [5.41, 5.74) is 1.22. The van der Waals surface area contributed by atoms with Crippen molar-refractivity contribution in [1.82, 2.24) is 5.32 Å². The van der Waals surface area contributed by atoms with Gasteiger partial charge in [0.2, 0.25) is 0 Å². The van der Waals surface area contributed by atoms with Gasteiger partial charge in [0.15, 0.2) is 11.5 Å². The second-order valence-corrected chi connectivity index (χ2v) is 5.78. The molecule has 5 heteroatoms. The van der Waals surface area contributed by atoms with Gasteiger partial charge in [-0.3, -0.25) is 0 Å². The van der Waals surface area contributed by atoms with Gasteiger partial charge in [-0.25, -0.2) is 0 Å². The molecule has 106 valence electrons. The smallest absolute Gasteiger partial charge is 0.161 e. The molecule has 1 saturated heterocycles. The van der Waals surface area contributed by atoms with Crippen LogP contribution in [0.5, 0.6) is 11.5 Å². The van der Waals surface area contributed by atoms with Crippen molar-refractivity contribution < 1.29 is 14.2 Å². The molecule has 4 nitrogen and oxygen atoms in total. The van der Waals surface area contributed by atoms with Gasteiger partial charge < -0.3 is 19.5 Å². The van der Waals surface area contributed by atoms with Gasteiger partial charge in [-0.2, -0.15) is 11.8 Å². The Bertz CT molecular complexity index is 410. The van der Waals surface area contributed by atoms with Crippen molar-refractivity contribution >= 4 is 11.8 Å². The van der Waals surface area contributed by atoms with E-state index in [-0.39, 0.29) is 0 Å². The van der Waals surface area contributed by atoms with E-state index in [1.807, 2.05) is 30.9 Å². The molecule has 0 saturated carbocycles. The van der Waals surface area contributed by atoms with Gasteiger partial charge in [-0.05, 0) is 24.7 Å². The summed E-state index contributed by atoms with van der Waals surface area (Å²) in [4.78, 5) is 0. The summed E-state index contributed by atoms with van der Waals surface area (Å²) in [6, 6.07) is 6.39.